The van der Waals surface area contributed by atoms with Gasteiger partial charge in [-0.2, -0.15) is 0 Å². The zero-order valence-electron chi connectivity index (χ0n) is 14.2. The Hall–Kier alpha value is -1.40. The lowest BCUT2D eigenvalue weighted by atomic mass is 10.3. The summed E-state index contributed by atoms with van der Waals surface area (Å²) in [5, 5.41) is 0. The van der Waals surface area contributed by atoms with Crippen molar-refractivity contribution in [2.45, 2.75) is 0 Å². The van der Waals surface area contributed by atoms with Crippen LogP contribution in [0, 0.1) is 0 Å². The van der Waals surface area contributed by atoms with Gasteiger partial charge in [0.05, 0.1) is 6.54 Å². The molecule has 0 saturated carbocycles. The van der Waals surface area contributed by atoms with Crippen LogP contribution in [0.15, 0.2) is 80.9 Å². The molecule has 0 aliphatic rings. The molecule has 0 fully saturated rings. The van der Waals surface area contributed by atoms with Crippen LogP contribution in [0.25, 0.3) is 0 Å². The molecule has 0 amide bonds. The summed E-state index contributed by atoms with van der Waals surface area (Å²) < 4.78 is 0.603. The molecule has 0 N–H and O–H groups in total. The molecule has 0 radical (unpaired) electrons. The highest BCUT2D eigenvalue weighted by molar-refractivity contribution is 5.74. The smallest absolute Gasteiger partial charge is 0.301 e. The number of nitrogens with zero attached hydrogens (tertiary/aromatic N) is 3. The maximum atomic E-state index is 4.77. The van der Waals surface area contributed by atoms with Crippen molar-refractivity contribution in [2.24, 2.45) is 4.99 Å². The lowest BCUT2D eigenvalue weighted by molar-refractivity contribution is -0.828. The Morgan fingerprint density at radius 2 is 1.17 bits per heavy atom. The first-order valence-electron chi connectivity index (χ1n) is 7.47. The van der Waals surface area contributed by atoms with Crippen molar-refractivity contribution < 1.29 is 28.5 Å². The molecule has 23 heavy (non-hydrogen) atoms. The summed E-state index contributed by atoms with van der Waals surface area (Å²) in [7, 11) is 0. The Balaban J connectivity index is 0. The summed E-state index contributed by atoms with van der Waals surface area (Å²) in [5.74, 6) is 0.958. The summed E-state index contributed by atoms with van der Waals surface area (Å²) in [4.78, 5) is 6.93. The predicted octanol–water partition coefficient (Wildman–Crippen LogP) is 0.581. The van der Waals surface area contributed by atoms with E-state index >= 15 is 0 Å². The van der Waals surface area contributed by atoms with Gasteiger partial charge in [-0.05, 0) is 18.2 Å². The standard InChI is InChI=1S/C19H30N3.HI/c1-7-13-20-19(21(14-8-2)15-9-3)22(16-10-4,17-11-5)18-12-6;/h7-12H,1-6,13-18H2;1H/q+1;/p-1. The number of hydrogen-bond donors (Lipinski definition) is 0. The average molecular weight is 427 g/mol. The van der Waals surface area contributed by atoms with Gasteiger partial charge in [0.1, 0.15) is 19.6 Å². The maximum absolute atomic E-state index is 4.77. The molecule has 0 heterocycles. The number of rotatable bonds is 12. The van der Waals surface area contributed by atoms with Gasteiger partial charge < -0.3 is 28.9 Å². The Bertz CT molecular complexity index is 401. The zero-order valence-corrected chi connectivity index (χ0v) is 16.3. The first-order chi connectivity index (χ1) is 10.7. The van der Waals surface area contributed by atoms with Crippen molar-refractivity contribution in [3.8, 4) is 0 Å². The average Bonchev–Trinajstić information content (AvgIpc) is 2.49. The molecule has 0 unspecified atom stereocenters. The number of halogens is 1. The lowest BCUT2D eigenvalue weighted by Crippen LogP contribution is -3.00. The van der Waals surface area contributed by atoms with Crippen LogP contribution in [-0.4, -0.2) is 54.6 Å². The van der Waals surface area contributed by atoms with E-state index in [1.165, 1.54) is 0 Å². The van der Waals surface area contributed by atoms with Crippen LogP contribution in [0.1, 0.15) is 0 Å². The zero-order chi connectivity index (χ0) is 16.8. The molecule has 0 aromatic rings. The third-order valence-corrected chi connectivity index (χ3v) is 3.20. The van der Waals surface area contributed by atoms with Crippen LogP contribution in [0.5, 0.6) is 0 Å². The number of quaternary nitrogens is 1. The topological polar surface area (TPSA) is 15.6 Å². The predicted molar refractivity (Wildman–Crippen MR) is 99.9 cm³/mol. The molecule has 0 atom stereocenters. The number of aliphatic imine (C=N–C) groups is 1. The van der Waals surface area contributed by atoms with E-state index in [4.69, 9.17) is 4.99 Å². The fourth-order valence-electron chi connectivity index (χ4n) is 2.46. The van der Waals surface area contributed by atoms with E-state index in [9.17, 15) is 0 Å². The summed E-state index contributed by atoms with van der Waals surface area (Å²) >= 11 is 0. The first-order valence-corrected chi connectivity index (χ1v) is 7.47. The minimum Gasteiger partial charge on any atom is -1.00 e. The molecule has 0 aliphatic heterocycles. The quantitative estimate of drug-likeness (QED) is 0.146. The van der Waals surface area contributed by atoms with Gasteiger partial charge in [0.25, 0.3) is 0 Å². The van der Waals surface area contributed by atoms with Gasteiger partial charge >= 0.3 is 5.96 Å². The second-order valence-electron chi connectivity index (χ2n) is 4.97. The molecule has 0 bridgehead atoms. The van der Waals surface area contributed by atoms with Crippen LogP contribution in [0.2, 0.25) is 0 Å². The van der Waals surface area contributed by atoms with Crippen LogP contribution in [0.3, 0.4) is 0 Å². The Morgan fingerprint density at radius 3 is 1.48 bits per heavy atom. The Kier molecular flexibility index (Phi) is 14.7. The minimum atomic E-state index is 0. The fraction of sp³-hybridized carbons (Fsp3) is 0.316. The van der Waals surface area contributed by atoms with Gasteiger partial charge in [-0.1, -0.05) is 38.0 Å². The fourth-order valence-corrected chi connectivity index (χ4v) is 2.46. The molecule has 0 aromatic carbocycles. The van der Waals surface area contributed by atoms with E-state index in [1.807, 2.05) is 30.4 Å². The highest BCUT2D eigenvalue weighted by atomic mass is 127. The van der Waals surface area contributed by atoms with Crippen LogP contribution < -0.4 is 24.0 Å². The SMILES string of the molecule is C=CCN=C(N(CC=C)CC=C)[N+](CC=C)(CC=C)CC=C.[I-]. The third kappa shape index (κ3) is 7.61. The largest absolute Gasteiger partial charge is 1.00 e. The number of guanidine groups is 1. The lowest BCUT2D eigenvalue weighted by Gasteiger charge is -2.40. The van der Waals surface area contributed by atoms with E-state index in [-0.39, 0.29) is 24.0 Å². The molecular weight excluding hydrogens is 397 g/mol. The van der Waals surface area contributed by atoms with Crippen LogP contribution in [-0.2, 0) is 0 Å². The van der Waals surface area contributed by atoms with Gasteiger partial charge in [0.15, 0.2) is 0 Å². The Morgan fingerprint density at radius 1 is 0.739 bits per heavy atom. The molecule has 0 saturated heterocycles. The molecule has 3 nitrogen and oxygen atoms in total. The van der Waals surface area contributed by atoms with Gasteiger partial charge in [-0.15, -0.1) is 19.7 Å². The normalized spacial score (nSPS) is 10.9. The van der Waals surface area contributed by atoms with Crippen molar-refractivity contribution in [1.82, 2.24) is 4.90 Å². The molecule has 0 rings (SSSR count). The second kappa shape index (κ2) is 14.2. The second-order valence-corrected chi connectivity index (χ2v) is 4.97. The molecule has 128 valence electrons. The van der Waals surface area contributed by atoms with Crippen molar-refractivity contribution in [3.05, 3.63) is 75.9 Å². The monoisotopic (exact) mass is 427 g/mol. The summed E-state index contributed by atoms with van der Waals surface area (Å²) in [5.41, 5.74) is 0. The van der Waals surface area contributed by atoms with Gasteiger partial charge in [-0.3, -0.25) is 0 Å². The molecule has 0 spiro atoms. The van der Waals surface area contributed by atoms with E-state index in [2.05, 4.69) is 44.4 Å². The van der Waals surface area contributed by atoms with Gasteiger partial charge in [0.2, 0.25) is 0 Å². The third-order valence-electron chi connectivity index (χ3n) is 3.20. The highest BCUT2D eigenvalue weighted by Gasteiger charge is 2.34. The van der Waals surface area contributed by atoms with Crippen molar-refractivity contribution >= 4 is 5.96 Å². The molecular formula is C19H30IN3. The van der Waals surface area contributed by atoms with Crippen molar-refractivity contribution in [2.75, 3.05) is 39.3 Å². The molecule has 0 aliphatic carbocycles. The summed E-state index contributed by atoms with van der Waals surface area (Å²) in [6.07, 6.45) is 11.3. The van der Waals surface area contributed by atoms with Crippen LogP contribution >= 0.6 is 0 Å². The summed E-state index contributed by atoms with van der Waals surface area (Å²) in [6.45, 7) is 27.4. The molecule has 0 aromatic heterocycles. The van der Waals surface area contributed by atoms with E-state index in [0.29, 0.717) is 24.1 Å². The van der Waals surface area contributed by atoms with E-state index in [0.717, 1.165) is 25.6 Å². The minimum absolute atomic E-state index is 0. The van der Waals surface area contributed by atoms with Gasteiger partial charge in [0, 0.05) is 13.1 Å². The Labute approximate surface area is 159 Å². The van der Waals surface area contributed by atoms with Crippen molar-refractivity contribution in [1.29, 1.82) is 0 Å². The van der Waals surface area contributed by atoms with Gasteiger partial charge in [-0.25, -0.2) is 9.48 Å². The van der Waals surface area contributed by atoms with E-state index in [1.54, 1.807) is 6.08 Å². The first kappa shape index (κ1) is 23.9. The van der Waals surface area contributed by atoms with Crippen molar-refractivity contribution in [3.63, 3.8) is 0 Å². The van der Waals surface area contributed by atoms with Crippen LogP contribution in [0.4, 0.5) is 0 Å². The highest BCUT2D eigenvalue weighted by Crippen LogP contribution is 2.15. The number of hydrogen-bond acceptors (Lipinski definition) is 1. The van der Waals surface area contributed by atoms with E-state index < -0.39 is 0 Å². The maximum Gasteiger partial charge on any atom is 0.301 e. The summed E-state index contributed by atoms with van der Waals surface area (Å²) in [6, 6.07) is 0. The molecule has 4 heteroatoms.